The lowest BCUT2D eigenvalue weighted by atomic mass is 10.1. The number of hydrogen-bond donors (Lipinski definition) is 1. The molecule has 0 aromatic heterocycles. The molecule has 138 valence electrons. The van der Waals surface area contributed by atoms with Gasteiger partial charge in [-0.2, -0.15) is 4.31 Å². The number of nitrogens with one attached hydrogen (secondary N) is 1. The summed E-state index contributed by atoms with van der Waals surface area (Å²) in [5.41, 5.74) is 0.686. The van der Waals surface area contributed by atoms with Crippen molar-refractivity contribution in [2.24, 2.45) is 0 Å². The molecule has 1 aromatic carbocycles. The molecule has 1 aromatic rings. The highest BCUT2D eigenvalue weighted by Crippen LogP contribution is 2.26. The number of ether oxygens (including phenoxy) is 2. The minimum Gasteiger partial charge on any atom is -0.496 e. The molecule has 1 aliphatic heterocycles. The molecule has 1 heterocycles. The number of rotatable bonds is 8. The van der Waals surface area contributed by atoms with Crippen molar-refractivity contribution >= 4 is 15.9 Å². The van der Waals surface area contributed by atoms with Crippen LogP contribution >= 0.6 is 0 Å². The Balaban J connectivity index is 2.18. The van der Waals surface area contributed by atoms with Crippen molar-refractivity contribution in [2.45, 2.75) is 17.7 Å². The van der Waals surface area contributed by atoms with E-state index in [0.717, 1.165) is 0 Å². The van der Waals surface area contributed by atoms with E-state index in [2.05, 4.69) is 11.9 Å². The number of benzene rings is 1. The number of aryl methyl sites for hydroxylation is 1. The van der Waals surface area contributed by atoms with Crippen LogP contribution in [0.3, 0.4) is 0 Å². The van der Waals surface area contributed by atoms with Crippen molar-refractivity contribution in [2.75, 3.05) is 40.0 Å². The summed E-state index contributed by atoms with van der Waals surface area (Å²) in [6, 6.07) is 4.75. The van der Waals surface area contributed by atoms with Crippen LogP contribution in [0.4, 0.5) is 0 Å². The minimum absolute atomic E-state index is 0.122. The molecule has 0 spiro atoms. The number of carbonyl (C=O) groups is 1. The average molecular weight is 368 g/mol. The maximum atomic E-state index is 12.8. The van der Waals surface area contributed by atoms with Crippen molar-refractivity contribution in [3.05, 3.63) is 36.4 Å². The van der Waals surface area contributed by atoms with Gasteiger partial charge in [0.2, 0.25) is 15.9 Å². The number of amides is 1. The Morgan fingerprint density at radius 3 is 2.76 bits per heavy atom. The first-order chi connectivity index (χ1) is 12.0. The summed E-state index contributed by atoms with van der Waals surface area (Å²) in [6.45, 7) is 5.42. The molecule has 0 unspecified atom stereocenters. The van der Waals surface area contributed by atoms with Gasteiger partial charge < -0.3 is 14.8 Å². The van der Waals surface area contributed by atoms with Gasteiger partial charge in [0.1, 0.15) is 5.75 Å². The molecule has 25 heavy (non-hydrogen) atoms. The summed E-state index contributed by atoms with van der Waals surface area (Å²) >= 11 is 0. The van der Waals surface area contributed by atoms with Crippen LogP contribution < -0.4 is 10.1 Å². The lowest BCUT2D eigenvalue weighted by Crippen LogP contribution is -2.40. The number of nitrogens with zero attached hydrogens (tertiary/aromatic N) is 1. The smallest absolute Gasteiger partial charge is 0.243 e. The predicted molar refractivity (Wildman–Crippen MR) is 94.1 cm³/mol. The van der Waals surface area contributed by atoms with Crippen LogP contribution in [0.25, 0.3) is 0 Å². The van der Waals surface area contributed by atoms with Crippen LogP contribution in [0.5, 0.6) is 5.75 Å². The number of carbonyl (C=O) groups excluding carboxylic acids is 1. The van der Waals surface area contributed by atoms with Crippen LogP contribution in [-0.2, 0) is 26.0 Å². The van der Waals surface area contributed by atoms with Crippen LogP contribution in [0.15, 0.2) is 35.7 Å². The summed E-state index contributed by atoms with van der Waals surface area (Å²) in [5.74, 6) is 0.445. The van der Waals surface area contributed by atoms with E-state index in [0.29, 0.717) is 50.6 Å². The average Bonchev–Trinajstić information content (AvgIpc) is 2.65. The van der Waals surface area contributed by atoms with Gasteiger partial charge in [-0.05, 0) is 30.2 Å². The second-order valence-electron chi connectivity index (χ2n) is 5.58. The van der Waals surface area contributed by atoms with Gasteiger partial charge in [-0.1, -0.05) is 6.08 Å². The van der Waals surface area contributed by atoms with Gasteiger partial charge in [0.25, 0.3) is 0 Å². The molecule has 0 bridgehead atoms. The first kappa shape index (κ1) is 19.4. The van der Waals surface area contributed by atoms with E-state index in [1.54, 1.807) is 18.2 Å². The lowest BCUT2D eigenvalue weighted by Gasteiger charge is -2.26. The first-order valence-corrected chi connectivity index (χ1v) is 9.55. The lowest BCUT2D eigenvalue weighted by molar-refractivity contribution is -0.120. The molecule has 8 heteroatoms. The Hall–Kier alpha value is -1.90. The van der Waals surface area contributed by atoms with E-state index in [-0.39, 0.29) is 17.2 Å². The molecule has 1 amide bonds. The van der Waals surface area contributed by atoms with E-state index in [9.17, 15) is 13.2 Å². The van der Waals surface area contributed by atoms with Crippen molar-refractivity contribution in [3.63, 3.8) is 0 Å². The predicted octanol–water partition coefficient (Wildman–Crippen LogP) is 0.951. The Kier molecular flexibility index (Phi) is 6.98. The van der Waals surface area contributed by atoms with E-state index in [1.807, 2.05) is 0 Å². The van der Waals surface area contributed by atoms with Gasteiger partial charge in [-0.3, -0.25) is 4.79 Å². The van der Waals surface area contributed by atoms with E-state index < -0.39 is 10.0 Å². The maximum absolute atomic E-state index is 12.8. The van der Waals surface area contributed by atoms with Crippen LogP contribution in [0, 0.1) is 0 Å². The Morgan fingerprint density at radius 1 is 1.40 bits per heavy atom. The first-order valence-electron chi connectivity index (χ1n) is 8.11. The molecule has 1 fully saturated rings. The molecule has 7 nitrogen and oxygen atoms in total. The second-order valence-corrected chi connectivity index (χ2v) is 7.52. The largest absolute Gasteiger partial charge is 0.496 e. The summed E-state index contributed by atoms with van der Waals surface area (Å²) in [4.78, 5) is 12.0. The number of sulfonamides is 1. The molecule has 0 radical (unpaired) electrons. The molecule has 0 atom stereocenters. The van der Waals surface area contributed by atoms with Crippen LogP contribution in [0.2, 0.25) is 0 Å². The Labute approximate surface area is 148 Å². The van der Waals surface area contributed by atoms with Gasteiger partial charge in [0.05, 0.1) is 25.2 Å². The third-order valence-electron chi connectivity index (χ3n) is 3.92. The van der Waals surface area contributed by atoms with Crippen LogP contribution in [-0.4, -0.2) is 58.6 Å². The van der Waals surface area contributed by atoms with Gasteiger partial charge in [-0.15, -0.1) is 6.58 Å². The normalized spacial score (nSPS) is 15.6. The molecule has 0 aliphatic carbocycles. The highest BCUT2D eigenvalue weighted by atomic mass is 32.2. The topological polar surface area (TPSA) is 84.9 Å². The van der Waals surface area contributed by atoms with E-state index in [4.69, 9.17) is 9.47 Å². The fourth-order valence-corrected chi connectivity index (χ4v) is 4.03. The standard InChI is InChI=1S/C17H24N2O5S/c1-3-8-18-17(20)7-4-14-13-15(5-6-16(14)23-2)25(21,22)19-9-11-24-12-10-19/h3,5-6,13H,1,4,7-12H2,2H3,(H,18,20). The molecule has 2 rings (SSSR count). The van der Waals surface area contributed by atoms with Crippen molar-refractivity contribution in [1.29, 1.82) is 0 Å². The maximum Gasteiger partial charge on any atom is 0.243 e. The SMILES string of the molecule is C=CCNC(=O)CCc1cc(S(=O)(=O)N2CCOCC2)ccc1OC. The minimum atomic E-state index is -3.58. The molecule has 1 saturated heterocycles. The van der Waals surface area contributed by atoms with E-state index >= 15 is 0 Å². The van der Waals surface area contributed by atoms with Crippen LogP contribution in [0.1, 0.15) is 12.0 Å². The van der Waals surface area contributed by atoms with Gasteiger partial charge >= 0.3 is 0 Å². The van der Waals surface area contributed by atoms with Crippen molar-refractivity contribution < 1.29 is 22.7 Å². The zero-order valence-corrected chi connectivity index (χ0v) is 15.2. The summed E-state index contributed by atoms with van der Waals surface area (Å²) in [5, 5.41) is 2.70. The molecule has 1 N–H and O–H groups in total. The zero-order chi connectivity index (χ0) is 18.3. The van der Waals surface area contributed by atoms with Gasteiger partial charge in [-0.25, -0.2) is 8.42 Å². The zero-order valence-electron chi connectivity index (χ0n) is 14.4. The van der Waals surface area contributed by atoms with Crippen molar-refractivity contribution in [1.82, 2.24) is 9.62 Å². The van der Waals surface area contributed by atoms with Crippen molar-refractivity contribution in [3.8, 4) is 5.75 Å². The fraction of sp³-hybridized carbons (Fsp3) is 0.471. The second kappa shape index (κ2) is 8.98. The number of morpholine rings is 1. The highest BCUT2D eigenvalue weighted by molar-refractivity contribution is 7.89. The number of methoxy groups -OCH3 is 1. The monoisotopic (exact) mass is 368 g/mol. The number of hydrogen-bond acceptors (Lipinski definition) is 5. The summed E-state index contributed by atoms with van der Waals surface area (Å²) < 4.78 is 37.4. The van der Waals surface area contributed by atoms with E-state index in [1.165, 1.54) is 17.5 Å². The quantitative estimate of drug-likeness (QED) is 0.691. The Morgan fingerprint density at radius 2 is 2.12 bits per heavy atom. The molecule has 1 aliphatic rings. The highest BCUT2D eigenvalue weighted by Gasteiger charge is 2.27. The summed E-state index contributed by atoms with van der Waals surface area (Å²) in [7, 11) is -2.06. The molecule has 0 saturated carbocycles. The Bertz CT molecular complexity index is 712. The molecular formula is C17H24N2O5S. The third-order valence-corrected chi connectivity index (χ3v) is 5.82. The van der Waals surface area contributed by atoms with Gasteiger partial charge in [0.15, 0.2) is 0 Å². The van der Waals surface area contributed by atoms with Gasteiger partial charge in [0, 0.05) is 26.1 Å². The molecular weight excluding hydrogens is 344 g/mol. The fourth-order valence-electron chi connectivity index (χ4n) is 2.57. The summed E-state index contributed by atoms with van der Waals surface area (Å²) in [6.07, 6.45) is 2.23. The third kappa shape index (κ3) is 5.04.